The SMILES string of the molecule is COc1ccc(C(=O)N2CCSCC2CC(=O)O)cc1-c1ccccn1. The molecule has 1 atom stereocenters. The lowest BCUT2D eigenvalue weighted by molar-refractivity contribution is -0.138. The van der Waals surface area contributed by atoms with Crippen LogP contribution >= 0.6 is 11.8 Å². The van der Waals surface area contributed by atoms with E-state index in [1.165, 1.54) is 0 Å². The van der Waals surface area contributed by atoms with Crippen LogP contribution in [-0.2, 0) is 4.79 Å². The molecular weight excluding hydrogens is 352 g/mol. The summed E-state index contributed by atoms with van der Waals surface area (Å²) in [6.45, 7) is 0.548. The van der Waals surface area contributed by atoms with Crippen LogP contribution in [0.4, 0.5) is 0 Å². The van der Waals surface area contributed by atoms with E-state index in [0.29, 0.717) is 23.6 Å². The molecular formula is C19H20N2O4S. The molecule has 1 saturated heterocycles. The van der Waals surface area contributed by atoms with E-state index in [9.17, 15) is 9.59 Å². The van der Waals surface area contributed by atoms with Crippen LogP contribution < -0.4 is 4.74 Å². The van der Waals surface area contributed by atoms with Crippen molar-refractivity contribution in [3.05, 3.63) is 48.2 Å². The minimum absolute atomic E-state index is 0.0397. The molecule has 0 bridgehead atoms. The third-order valence-electron chi connectivity index (χ3n) is 4.29. The molecule has 0 spiro atoms. The fourth-order valence-corrected chi connectivity index (χ4v) is 4.08. The average Bonchev–Trinajstić information content (AvgIpc) is 2.67. The predicted octanol–water partition coefficient (Wildman–Crippen LogP) is 2.79. The first kappa shape index (κ1) is 18.3. The summed E-state index contributed by atoms with van der Waals surface area (Å²) in [7, 11) is 1.58. The predicted molar refractivity (Wildman–Crippen MR) is 101 cm³/mol. The van der Waals surface area contributed by atoms with Gasteiger partial charge < -0.3 is 14.7 Å². The molecule has 1 aromatic carbocycles. The summed E-state index contributed by atoms with van der Waals surface area (Å²) in [4.78, 5) is 30.2. The largest absolute Gasteiger partial charge is 0.496 e. The van der Waals surface area contributed by atoms with Crippen LogP contribution in [-0.4, -0.2) is 58.1 Å². The first-order valence-electron chi connectivity index (χ1n) is 8.30. The van der Waals surface area contributed by atoms with E-state index < -0.39 is 5.97 Å². The Morgan fingerprint density at radius 3 is 2.88 bits per heavy atom. The number of rotatable bonds is 5. The van der Waals surface area contributed by atoms with E-state index >= 15 is 0 Å². The van der Waals surface area contributed by atoms with Crippen LogP contribution in [0.2, 0.25) is 0 Å². The Hall–Kier alpha value is -2.54. The number of carbonyl (C=O) groups excluding carboxylic acids is 1. The highest BCUT2D eigenvalue weighted by molar-refractivity contribution is 7.99. The van der Waals surface area contributed by atoms with Crippen LogP contribution in [0.15, 0.2) is 42.6 Å². The zero-order chi connectivity index (χ0) is 18.5. The molecule has 1 aliphatic rings. The molecule has 26 heavy (non-hydrogen) atoms. The van der Waals surface area contributed by atoms with E-state index in [-0.39, 0.29) is 18.4 Å². The maximum absolute atomic E-state index is 13.0. The lowest BCUT2D eigenvalue weighted by atomic mass is 10.0. The number of methoxy groups -OCH3 is 1. The Kier molecular flexibility index (Phi) is 5.78. The highest BCUT2D eigenvalue weighted by atomic mass is 32.2. The first-order chi connectivity index (χ1) is 12.6. The third-order valence-corrected chi connectivity index (χ3v) is 5.38. The Balaban J connectivity index is 1.93. The maximum atomic E-state index is 13.0. The van der Waals surface area contributed by atoms with E-state index in [2.05, 4.69) is 4.98 Å². The number of amides is 1. The van der Waals surface area contributed by atoms with Gasteiger partial charge in [-0.3, -0.25) is 14.6 Å². The van der Waals surface area contributed by atoms with Crippen molar-refractivity contribution >= 4 is 23.6 Å². The van der Waals surface area contributed by atoms with Crippen LogP contribution in [0.1, 0.15) is 16.8 Å². The van der Waals surface area contributed by atoms with Crippen molar-refractivity contribution < 1.29 is 19.4 Å². The number of hydrogen-bond donors (Lipinski definition) is 1. The lowest BCUT2D eigenvalue weighted by Crippen LogP contribution is -2.47. The lowest BCUT2D eigenvalue weighted by Gasteiger charge is -2.34. The van der Waals surface area contributed by atoms with Crippen molar-refractivity contribution in [2.45, 2.75) is 12.5 Å². The number of benzene rings is 1. The van der Waals surface area contributed by atoms with E-state index in [1.54, 1.807) is 48.2 Å². The van der Waals surface area contributed by atoms with Gasteiger partial charge in [0.1, 0.15) is 5.75 Å². The second kappa shape index (κ2) is 8.23. The molecule has 0 radical (unpaired) electrons. The molecule has 1 unspecified atom stereocenters. The van der Waals surface area contributed by atoms with E-state index in [4.69, 9.17) is 9.84 Å². The number of pyridine rings is 1. The first-order valence-corrected chi connectivity index (χ1v) is 9.45. The number of carboxylic acid groups (broad SMARTS) is 1. The Bertz CT molecular complexity index is 797. The third kappa shape index (κ3) is 3.99. The highest BCUT2D eigenvalue weighted by Crippen LogP contribution is 2.30. The summed E-state index contributed by atoms with van der Waals surface area (Å²) in [5.41, 5.74) is 1.96. The Morgan fingerprint density at radius 2 is 2.19 bits per heavy atom. The number of carboxylic acids is 1. The number of aliphatic carboxylic acids is 1. The van der Waals surface area contributed by atoms with Gasteiger partial charge >= 0.3 is 5.97 Å². The summed E-state index contributed by atoms with van der Waals surface area (Å²) < 4.78 is 5.41. The van der Waals surface area contributed by atoms with Gasteiger partial charge in [0.05, 0.1) is 25.3 Å². The van der Waals surface area contributed by atoms with Gasteiger partial charge in [0.25, 0.3) is 5.91 Å². The molecule has 3 rings (SSSR count). The van der Waals surface area contributed by atoms with Crippen molar-refractivity contribution in [1.82, 2.24) is 9.88 Å². The molecule has 2 heterocycles. The molecule has 0 aliphatic carbocycles. The normalized spacial score (nSPS) is 17.0. The van der Waals surface area contributed by atoms with Crippen molar-refractivity contribution in [2.75, 3.05) is 25.2 Å². The van der Waals surface area contributed by atoms with Crippen molar-refractivity contribution in [2.24, 2.45) is 0 Å². The molecule has 1 N–H and O–H groups in total. The van der Waals surface area contributed by atoms with Gasteiger partial charge in [-0.15, -0.1) is 0 Å². The fourth-order valence-electron chi connectivity index (χ4n) is 3.02. The molecule has 136 valence electrons. The molecule has 0 saturated carbocycles. The number of thioether (sulfide) groups is 1. The molecule has 1 aromatic heterocycles. The Labute approximate surface area is 156 Å². The van der Waals surface area contributed by atoms with Crippen LogP contribution in [0, 0.1) is 0 Å². The number of hydrogen-bond acceptors (Lipinski definition) is 5. The van der Waals surface area contributed by atoms with Crippen molar-refractivity contribution in [1.29, 1.82) is 0 Å². The molecule has 7 heteroatoms. The molecule has 1 amide bonds. The minimum atomic E-state index is -0.890. The molecule has 1 fully saturated rings. The van der Waals surface area contributed by atoms with Gasteiger partial charge in [-0.2, -0.15) is 11.8 Å². The summed E-state index contributed by atoms with van der Waals surface area (Å²) in [5, 5.41) is 9.12. The average molecular weight is 372 g/mol. The van der Waals surface area contributed by atoms with Gasteiger partial charge in [0, 0.05) is 35.4 Å². The fraction of sp³-hybridized carbons (Fsp3) is 0.316. The number of carbonyl (C=O) groups is 2. The van der Waals surface area contributed by atoms with Crippen LogP contribution in [0.5, 0.6) is 5.75 Å². The van der Waals surface area contributed by atoms with Gasteiger partial charge in [-0.05, 0) is 30.3 Å². The van der Waals surface area contributed by atoms with Gasteiger partial charge in [0.2, 0.25) is 0 Å². The number of nitrogens with zero attached hydrogens (tertiary/aromatic N) is 2. The summed E-state index contributed by atoms with van der Waals surface area (Å²) >= 11 is 1.68. The van der Waals surface area contributed by atoms with E-state index in [0.717, 1.165) is 17.0 Å². The Morgan fingerprint density at radius 1 is 1.35 bits per heavy atom. The second-order valence-electron chi connectivity index (χ2n) is 5.96. The van der Waals surface area contributed by atoms with Gasteiger partial charge in [-0.25, -0.2) is 0 Å². The van der Waals surface area contributed by atoms with Crippen molar-refractivity contribution in [3.8, 4) is 17.0 Å². The van der Waals surface area contributed by atoms with Crippen LogP contribution in [0.25, 0.3) is 11.3 Å². The quantitative estimate of drug-likeness (QED) is 0.869. The van der Waals surface area contributed by atoms with Gasteiger partial charge in [-0.1, -0.05) is 6.07 Å². The van der Waals surface area contributed by atoms with Gasteiger partial charge in [0.15, 0.2) is 0 Å². The van der Waals surface area contributed by atoms with E-state index in [1.807, 2.05) is 18.2 Å². The zero-order valence-electron chi connectivity index (χ0n) is 14.4. The minimum Gasteiger partial charge on any atom is -0.496 e. The molecule has 1 aliphatic heterocycles. The second-order valence-corrected chi connectivity index (χ2v) is 7.11. The smallest absolute Gasteiger partial charge is 0.305 e. The highest BCUT2D eigenvalue weighted by Gasteiger charge is 2.30. The monoisotopic (exact) mass is 372 g/mol. The standard InChI is InChI=1S/C19H20N2O4S/c1-25-17-6-5-13(10-15(17)16-4-2-3-7-20-16)19(24)21-8-9-26-12-14(21)11-18(22)23/h2-7,10,14H,8-9,11-12H2,1H3,(H,22,23). The zero-order valence-corrected chi connectivity index (χ0v) is 15.2. The number of aromatic nitrogens is 1. The topological polar surface area (TPSA) is 79.7 Å². The summed E-state index contributed by atoms with van der Waals surface area (Å²) in [6.07, 6.45) is 1.65. The molecule has 6 nitrogen and oxygen atoms in total. The van der Waals surface area contributed by atoms with Crippen molar-refractivity contribution in [3.63, 3.8) is 0 Å². The maximum Gasteiger partial charge on any atom is 0.305 e. The summed E-state index contributed by atoms with van der Waals surface area (Å²) in [5.74, 6) is 1.04. The van der Waals surface area contributed by atoms with Crippen LogP contribution in [0.3, 0.4) is 0 Å². The molecule has 2 aromatic rings. The summed E-state index contributed by atoms with van der Waals surface area (Å²) in [6, 6.07) is 10.5. The number of ether oxygens (including phenoxy) is 1.